The summed E-state index contributed by atoms with van der Waals surface area (Å²) in [6.07, 6.45) is 0.575. The van der Waals surface area contributed by atoms with Crippen molar-refractivity contribution in [2.24, 2.45) is 0 Å². The van der Waals surface area contributed by atoms with Gasteiger partial charge < -0.3 is 20.7 Å². The first-order valence-corrected chi connectivity index (χ1v) is 9.97. The van der Waals surface area contributed by atoms with Gasteiger partial charge in [-0.05, 0) is 50.6 Å². The van der Waals surface area contributed by atoms with Gasteiger partial charge in [-0.15, -0.1) is 0 Å². The van der Waals surface area contributed by atoms with Crippen molar-refractivity contribution < 1.29 is 23.9 Å². The number of ether oxygens (including phenoxy) is 1. The molecule has 158 valence electrons. The molecule has 5 amide bonds. The number of amides is 5. The second-order valence-corrected chi connectivity index (χ2v) is 7.23. The molecular formula is C18H24BrN5O5. The van der Waals surface area contributed by atoms with Crippen LogP contribution in [0.4, 0.5) is 15.3 Å². The molecule has 0 radical (unpaired) electrons. The molecule has 1 atom stereocenters. The number of rotatable bonds is 9. The van der Waals surface area contributed by atoms with Crippen molar-refractivity contribution in [3.05, 3.63) is 28.7 Å². The number of imide groups is 1. The number of benzene rings is 1. The molecule has 1 aromatic carbocycles. The number of hydrogen-bond acceptors (Lipinski definition) is 6. The zero-order chi connectivity index (χ0) is 21.4. The molecule has 1 unspecified atom stereocenters. The van der Waals surface area contributed by atoms with E-state index in [1.807, 2.05) is 0 Å². The normalized spacial score (nSPS) is 18.4. The second kappa shape index (κ2) is 10.2. The monoisotopic (exact) mass is 469 g/mol. The number of nitrogens with one attached hydrogen (secondary N) is 4. The highest BCUT2D eigenvalue weighted by molar-refractivity contribution is 9.10. The molecular weight excluding hydrogens is 446 g/mol. The Bertz CT molecular complexity index is 772. The lowest BCUT2D eigenvalue weighted by molar-refractivity contribution is -0.142. The molecule has 0 aromatic heterocycles. The minimum Gasteiger partial charge on any atom is -0.465 e. The topological polar surface area (TPSA) is 129 Å². The first-order valence-electron chi connectivity index (χ1n) is 9.17. The Morgan fingerprint density at radius 3 is 2.52 bits per heavy atom. The van der Waals surface area contributed by atoms with Crippen molar-refractivity contribution in [2.45, 2.75) is 32.2 Å². The molecule has 0 aliphatic carbocycles. The van der Waals surface area contributed by atoms with E-state index in [4.69, 9.17) is 4.74 Å². The third-order valence-corrected chi connectivity index (χ3v) is 4.91. The Kier molecular flexibility index (Phi) is 7.97. The molecule has 0 saturated carbocycles. The second-order valence-electron chi connectivity index (χ2n) is 6.31. The van der Waals surface area contributed by atoms with Crippen LogP contribution in [0.5, 0.6) is 0 Å². The van der Waals surface area contributed by atoms with Crippen molar-refractivity contribution in [1.29, 1.82) is 0 Å². The van der Waals surface area contributed by atoms with Crippen LogP contribution in [-0.4, -0.2) is 54.2 Å². The predicted molar refractivity (Wildman–Crippen MR) is 109 cm³/mol. The van der Waals surface area contributed by atoms with Crippen LogP contribution in [0.25, 0.3) is 0 Å². The van der Waals surface area contributed by atoms with E-state index in [-0.39, 0.29) is 19.6 Å². The minimum absolute atomic E-state index is 0.00727. The number of halogens is 1. The van der Waals surface area contributed by atoms with Crippen LogP contribution in [-0.2, 0) is 14.3 Å². The maximum atomic E-state index is 12.8. The molecule has 4 N–H and O–H groups in total. The number of anilines is 1. The zero-order valence-corrected chi connectivity index (χ0v) is 17.8. The van der Waals surface area contributed by atoms with Crippen LogP contribution in [0, 0.1) is 0 Å². The summed E-state index contributed by atoms with van der Waals surface area (Å²) in [6, 6.07) is 5.39. The smallest absolute Gasteiger partial charge is 0.344 e. The molecule has 0 bridgehead atoms. The fraction of sp³-hybridized carbons (Fsp3) is 0.444. The highest BCUT2D eigenvalue weighted by atomic mass is 79.9. The molecule has 1 heterocycles. The summed E-state index contributed by atoms with van der Waals surface area (Å²) < 4.78 is 5.67. The lowest BCUT2D eigenvalue weighted by Crippen LogP contribution is -2.51. The maximum Gasteiger partial charge on any atom is 0.344 e. The SMILES string of the molecule is CCOC(=O)CNCCC1(CC)NC(=O)N(NC(=O)Nc2ccc(Br)cc2)C1=O. The van der Waals surface area contributed by atoms with Gasteiger partial charge in [0.2, 0.25) is 0 Å². The van der Waals surface area contributed by atoms with E-state index in [9.17, 15) is 19.2 Å². The van der Waals surface area contributed by atoms with Gasteiger partial charge in [0.1, 0.15) is 5.54 Å². The Hall–Kier alpha value is -2.66. The standard InChI is InChI=1S/C18H24BrN5O5/c1-3-18(9-10-20-11-14(25)29-4-2)15(26)24(17(28)22-18)23-16(27)21-13-7-5-12(19)6-8-13/h5-8,20H,3-4,9-11H2,1-2H3,(H,22,28)(H2,21,23,27). The van der Waals surface area contributed by atoms with Gasteiger partial charge in [-0.1, -0.05) is 22.9 Å². The predicted octanol–water partition coefficient (Wildman–Crippen LogP) is 1.73. The number of urea groups is 2. The number of hydrazine groups is 1. The van der Waals surface area contributed by atoms with E-state index in [0.717, 1.165) is 4.47 Å². The van der Waals surface area contributed by atoms with Crippen LogP contribution >= 0.6 is 15.9 Å². The molecule has 1 aromatic rings. The first kappa shape index (κ1) is 22.6. The summed E-state index contributed by atoms with van der Waals surface area (Å²) >= 11 is 3.30. The fourth-order valence-electron chi connectivity index (χ4n) is 2.81. The van der Waals surface area contributed by atoms with Crippen molar-refractivity contribution in [1.82, 2.24) is 21.1 Å². The van der Waals surface area contributed by atoms with Crippen molar-refractivity contribution in [3.8, 4) is 0 Å². The Morgan fingerprint density at radius 1 is 1.21 bits per heavy atom. The van der Waals surface area contributed by atoms with Crippen LogP contribution < -0.4 is 21.4 Å². The summed E-state index contributed by atoms with van der Waals surface area (Å²) in [6.45, 7) is 4.07. The largest absolute Gasteiger partial charge is 0.465 e. The van der Waals surface area contributed by atoms with E-state index >= 15 is 0 Å². The van der Waals surface area contributed by atoms with Gasteiger partial charge in [0.05, 0.1) is 13.2 Å². The van der Waals surface area contributed by atoms with E-state index in [1.54, 1.807) is 38.1 Å². The van der Waals surface area contributed by atoms with Gasteiger partial charge in [-0.25, -0.2) is 15.0 Å². The third-order valence-electron chi connectivity index (χ3n) is 4.38. The highest BCUT2D eigenvalue weighted by Crippen LogP contribution is 2.24. The van der Waals surface area contributed by atoms with Gasteiger partial charge in [-0.3, -0.25) is 9.59 Å². The van der Waals surface area contributed by atoms with Crippen LogP contribution in [0.15, 0.2) is 28.7 Å². The molecule has 29 heavy (non-hydrogen) atoms. The van der Waals surface area contributed by atoms with Crippen LogP contribution in [0.2, 0.25) is 0 Å². The molecule has 10 nitrogen and oxygen atoms in total. The van der Waals surface area contributed by atoms with Gasteiger partial charge in [-0.2, -0.15) is 5.01 Å². The zero-order valence-electron chi connectivity index (χ0n) is 16.2. The quantitative estimate of drug-likeness (QED) is 0.247. The van der Waals surface area contributed by atoms with Crippen molar-refractivity contribution >= 4 is 45.6 Å². The number of carbonyl (C=O) groups is 4. The Morgan fingerprint density at radius 2 is 1.90 bits per heavy atom. The number of esters is 1. The minimum atomic E-state index is -1.16. The first-order chi connectivity index (χ1) is 13.8. The molecule has 1 saturated heterocycles. The number of hydrogen-bond donors (Lipinski definition) is 4. The molecule has 0 spiro atoms. The van der Waals surface area contributed by atoms with E-state index in [1.165, 1.54) is 0 Å². The van der Waals surface area contributed by atoms with Crippen molar-refractivity contribution in [3.63, 3.8) is 0 Å². The summed E-state index contributed by atoms with van der Waals surface area (Å²) in [4.78, 5) is 48.6. The van der Waals surface area contributed by atoms with Gasteiger partial charge in [0.15, 0.2) is 0 Å². The maximum absolute atomic E-state index is 12.8. The van der Waals surface area contributed by atoms with Crippen molar-refractivity contribution in [2.75, 3.05) is 25.0 Å². The van der Waals surface area contributed by atoms with Gasteiger partial charge >= 0.3 is 18.0 Å². The lowest BCUT2D eigenvalue weighted by atomic mass is 9.92. The van der Waals surface area contributed by atoms with Gasteiger partial charge in [0, 0.05) is 10.2 Å². The summed E-state index contributed by atoms with van der Waals surface area (Å²) in [5.74, 6) is -0.957. The lowest BCUT2D eigenvalue weighted by Gasteiger charge is -2.25. The molecule has 1 aliphatic rings. The Balaban J connectivity index is 1.92. The van der Waals surface area contributed by atoms with E-state index in [2.05, 4.69) is 37.3 Å². The Labute approximate surface area is 176 Å². The van der Waals surface area contributed by atoms with E-state index in [0.29, 0.717) is 23.7 Å². The average molecular weight is 470 g/mol. The summed E-state index contributed by atoms with van der Waals surface area (Å²) in [7, 11) is 0. The van der Waals surface area contributed by atoms with Gasteiger partial charge in [0.25, 0.3) is 5.91 Å². The number of nitrogens with zero attached hydrogens (tertiary/aromatic N) is 1. The van der Waals surface area contributed by atoms with Crippen LogP contribution in [0.1, 0.15) is 26.7 Å². The molecule has 1 aliphatic heterocycles. The third kappa shape index (κ3) is 5.91. The summed E-state index contributed by atoms with van der Waals surface area (Å²) in [5, 5.41) is 8.74. The summed E-state index contributed by atoms with van der Waals surface area (Å²) in [5.41, 5.74) is 1.61. The number of carbonyl (C=O) groups excluding carboxylic acids is 4. The van der Waals surface area contributed by atoms with Crippen LogP contribution in [0.3, 0.4) is 0 Å². The average Bonchev–Trinajstić information content (AvgIpc) is 2.92. The molecule has 11 heteroatoms. The highest BCUT2D eigenvalue weighted by Gasteiger charge is 2.50. The molecule has 2 rings (SSSR count). The molecule has 1 fully saturated rings. The van der Waals surface area contributed by atoms with E-state index < -0.39 is 29.5 Å². The fourth-order valence-corrected chi connectivity index (χ4v) is 3.07.